The number of likely N-dealkylation sites (tertiary alicyclic amines) is 1. The first-order chi connectivity index (χ1) is 11.7. The Morgan fingerprint density at radius 2 is 1.79 bits per heavy atom. The first-order valence-electron chi connectivity index (χ1n) is 8.93. The van der Waals surface area contributed by atoms with E-state index in [1.54, 1.807) is 7.11 Å². The van der Waals surface area contributed by atoms with Crippen LogP contribution in [0.25, 0.3) is 0 Å². The predicted octanol–water partition coefficient (Wildman–Crippen LogP) is 2.80. The second kappa shape index (κ2) is 10.2. The molecule has 2 rings (SSSR count). The predicted molar refractivity (Wildman–Crippen MR) is 95.7 cm³/mol. The summed E-state index contributed by atoms with van der Waals surface area (Å²) in [5.41, 5.74) is 0. The Labute approximate surface area is 145 Å². The van der Waals surface area contributed by atoms with Crippen molar-refractivity contribution in [2.75, 3.05) is 46.9 Å². The number of para-hydroxylation sites is 2. The molecular formula is C19H30N2O3. The number of likely N-dealkylation sites (N-methyl/N-ethyl adjacent to an activating group) is 1. The molecule has 0 aromatic heterocycles. The van der Waals surface area contributed by atoms with Crippen molar-refractivity contribution in [3.63, 3.8) is 0 Å². The minimum Gasteiger partial charge on any atom is -0.493 e. The number of methoxy groups -OCH3 is 1. The first kappa shape index (κ1) is 18.6. The zero-order chi connectivity index (χ0) is 17.2. The number of rotatable bonds is 8. The number of benzene rings is 1. The van der Waals surface area contributed by atoms with E-state index in [0.717, 1.165) is 31.0 Å². The van der Waals surface area contributed by atoms with Crippen LogP contribution < -0.4 is 9.47 Å². The van der Waals surface area contributed by atoms with Gasteiger partial charge < -0.3 is 14.4 Å². The van der Waals surface area contributed by atoms with Crippen molar-refractivity contribution >= 4 is 5.91 Å². The molecule has 1 amide bonds. The average molecular weight is 334 g/mol. The number of carbonyl (C=O) groups excluding carboxylic acids is 1. The summed E-state index contributed by atoms with van der Waals surface area (Å²) in [6.07, 6.45) is 5.81. The lowest BCUT2D eigenvalue weighted by Gasteiger charge is -2.23. The molecule has 1 heterocycles. The standard InChI is InChI=1S/C19H30N2O3/c1-20(19(22)16-21-13-7-3-4-8-14-21)12-9-15-24-18-11-6-5-10-17(18)23-2/h5-6,10-11H,3-4,7-9,12-16H2,1-2H3. The lowest BCUT2D eigenvalue weighted by Crippen LogP contribution is -2.39. The van der Waals surface area contributed by atoms with Crippen molar-refractivity contribution in [1.82, 2.24) is 9.80 Å². The van der Waals surface area contributed by atoms with Gasteiger partial charge in [0.05, 0.1) is 20.3 Å². The fraction of sp³-hybridized carbons (Fsp3) is 0.632. The van der Waals surface area contributed by atoms with E-state index in [1.807, 2.05) is 36.2 Å². The van der Waals surface area contributed by atoms with Crippen LogP contribution in [-0.2, 0) is 4.79 Å². The average Bonchev–Trinajstić information content (AvgIpc) is 2.87. The van der Waals surface area contributed by atoms with Crippen LogP contribution in [0.3, 0.4) is 0 Å². The van der Waals surface area contributed by atoms with Crippen molar-refractivity contribution in [3.05, 3.63) is 24.3 Å². The zero-order valence-electron chi connectivity index (χ0n) is 15.0. The number of hydrogen-bond acceptors (Lipinski definition) is 4. The van der Waals surface area contributed by atoms with Crippen LogP contribution in [0.4, 0.5) is 0 Å². The van der Waals surface area contributed by atoms with Crippen LogP contribution in [0.5, 0.6) is 11.5 Å². The van der Waals surface area contributed by atoms with Gasteiger partial charge in [-0.3, -0.25) is 9.69 Å². The van der Waals surface area contributed by atoms with Crippen LogP contribution in [0.1, 0.15) is 32.1 Å². The first-order valence-corrected chi connectivity index (χ1v) is 8.93. The van der Waals surface area contributed by atoms with Gasteiger partial charge in [-0.25, -0.2) is 0 Å². The molecule has 1 aromatic carbocycles. The number of amides is 1. The Hall–Kier alpha value is -1.75. The smallest absolute Gasteiger partial charge is 0.236 e. The highest BCUT2D eigenvalue weighted by molar-refractivity contribution is 5.77. The van der Waals surface area contributed by atoms with E-state index in [-0.39, 0.29) is 5.91 Å². The SMILES string of the molecule is COc1ccccc1OCCCN(C)C(=O)CN1CCCCCC1. The van der Waals surface area contributed by atoms with Crippen molar-refractivity contribution in [1.29, 1.82) is 0 Å². The van der Waals surface area contributed by atoms with E-state index in [0.29, 0.717) is 19.7 Å². The van der Waals surface area contributed by atoms with E-state index in [1.165, 1.54) is 25.7 Å². The monoisotopic (exact) mass is 334 g/mol. The summed E-state index contributed by atoms with van der Waals surface area (Å²) in [6.45, 7) is 3.93. The molecule has 5 nitrogen and oxygen atoms in total. The van der Waals surface area contributed by atoms with Crippen LogP contribution in [0, 0.1) is 0 Å². The van der Waals surface area contributed by atoms with Gasteiger partial charge in [0.1, 0.15) is 0 Å². The molecule has 0 unspecified atom stereocenters. The van der Waals surface area contributed by atoms with Gasteiger partial charge in [0.2, 0.25) is 5.91 Å². The highest BCUT2D eigenvalue weighted by Crippen LogP contribution is 2.25. The summed E-state index contributed by atoms with van der Waals surface area (Å²) in [6, 6.07) is 7.62. The van der Waals surface area contributed by atoms with Gasteiger partial charge in [-0.1, -0.05) is 25.0 Å². The molecule has 1 aliphatic rings. The Morgan fingerprint density at radius 1 is 1.12 bits per heavy atom. The Bertz CT molecular complexity index is 499. The Morgan fingerprint density at radius 3 is 2.46 bits per heavy atom. The summed E-state index contributed by atoms with van der Waals surface area (Å²) in [4.78, 5) is 16.4. The summed E-state index contributed by atoms with van der Waals surface area (Å²) in [5, 5.41) is 0. The molecule has 1 fully saturated rings. The molecule has 1 aromatic rings. The number of carbonyl (C=O) groups is 1. The topological polar surface area (TPSA) is 42.0 Å². The second-order valence-electron chi connectivity index (χ2n) is 6.36. The molecule has 0 atom stereocenters. The molecule has 0 radical (unpaired) electrons. The van der Waals surface area contributed by atoms with E-state index >= 15 is 0 Å². The van der Waals surface area contributed by atoms with Gasteiger partial charge in [0.25, 0.3) is 0 Å². The fourth-order valence-corrected chi connectivity index (χ4v) is 2.95. The third-order valence-corrected chi connectivity index (χ3v) is 4.45. The maximum atomic E-state index is 12.3. The van der Waals surface area contributed by atoms with Gasteiger partial charge in [-0.2, -0.15) is 0 Å². The minimum absolute atomic E-state index is 0.203. The van der Waals surface area contributed by atoms with Gasteiger partial charge >= 0.3 is 0 Å². The minimum atomic E-state index is 0.203. The molecular weight excluding hydrogens is 304 g/mol. The van der Waals surface area contributed by atoms with Crippen molar-refractivity contribution in [2.45, 2.75) is 32.1 Å². The van der Waals surface area contributed by atoms with Gasteiger partial charge in [-0.15, -0.1) is 0 Å². The second-order valence-corrected chi connectivity index (χ2v) is 6.36. The fourth-order valence-electron chi connectivity index (χ4n) is 2.95. The lowest BCUT2D eigenvalue weighted by atomic mass is 10.2. The Kier molecular flexibility index (Phi) is 7.89. The van der Waals surface area contributed by atoms with Crippen molar-refractivity contribution in [2.24, 2.45) is 0 Å². The van der Waals surface area contributed by atoms with Crippen LogP contribution in [0.2, 0.25) is 0 Å². The van der Waals surface area contributed by atoms with Crippen molar-refractivity contribution < 1.29 is 14.3 Å². The van der Waals surface area contributed by atoms with E-state index in [9.17, 15) is 4.79 Å². The van der Waals surface area contributed by atoms with E-state index in [2.05, 4.69) is 4.90 Å². The number of nitrogens with zero attached hydrogens (tertiary/aromatic N) is 2. The van der Waals surface area contributed by atoms with E-state index < -0.39 is 0 Å². The summed E-state index contributed by atoms with van der Waals surface area (Å²) < 4.78 is 11.0. The zero-order valence-corrected chi connectivity index (χ0v) is 15.0. The normalized spacial score (nSPS) is 15.6. The molecule has 0 spiro atoms. The third-order valence-electron chi connectivity index (χ3n) is 4.45. The largest absolute Gasteiger partial charge is 0.493 e. The molecule has 0 saturated carbocycles. The van der Waals surface area contributed by atoms with Crippen LogP contribution in [0.15, 0.2) is 24.3 Å². The van der Waals surface area contributed by atoms with Gasteiger partial charge in [0.15, 0.2) is 11.5 Å². The molecule has 1 saturated heterocycles. The third kappa shape index (κ3) is 6.04. The highest BCUT2D eigenvalue weighted by Gasteiger charge is 2.15. The van der Waals surface area contributed by atoms with Crippen LogP contribution in [-0.4, -0.2) is 62.7 Å². The van der Waals surface area contributed by atoms with E-state index in [4.69, 9.17) is 9.47 Å². The molecule has 1 aliphatic heterocycles. The summed E-state index contributed by atoms with van der Waals surface area (Å²) in [5.74, 6) is 1.69. The van der Waals surface area contributed by atoms with Crippen LogP contribution >= 0.6 is 0 Å². The molecule has 0 bridgehead atoms. The molecule has 0 aliphatic carbocycles. The van der Waals surface area contributed by atoms with Gasteiger partial charge in [-0.05, 0) is 44.5 Å². The molecule has 24 heavy (non-hydrogen) atoms. The molecule has 5 heteroatoms. The molecule has 134 valence electrons. The quantitative estimate of drug-likeness (QED) is 0.686. The lowest BCUT2D eigenvalue weighted by molar-refractivity contribution is -0.131. The number of ether oxygens (including phenoxy) is 2. The maximum absolute atomic E-state index is 12.3. The summed E-state index contributed by atoms with van der Waals surface area (Å²) in [7, 11) is 3.51. The number of hydrogen-bond donors (Lipinski definition) is 0. The Balaban J connectivity index is 1.66. The molecule has 0 N–H and O–H groups in total. The highest BCUT2D eigenvalue weighted by atomic mass is 16.5. The maximum Gasteiger partial charge on any atom is 0.236 e. The van der Waals surface area contributed by atoms with Crippen molar-refractivity contribution in [3.8, 4) is 11.5 Å². The van der Waals surface area contributed by atoms with Gasteiger partial charge in [0, 0.05) is 13.6 Å². The summed E-state index contributed by atoms with van der Waals surface area (Å²) >= 11 is 0.